The van der Waals surface area contributed by atoms with E-state index in [2.05, 4.69) is 0 Å². The summed E-state index contributed by atoms with van der Waals surface area (Å²) < 4.78 is 18.0. The molecule has 6 heteroatoms. The van der Waals surface area contributed by atoms with Crippen molar-refractivity contribution in [1.29, 1.82) is 0 Å². The van der Waals surface area contributed by atoms with E-state index in [4.69, 9.17) is 10.5 Å². The number of hydrogen-bond acceptors (Lipinski definition) is 4. The normalized spacial score (nSPS) is 10.1. The van der Waals surface area contributed by atoms with Gasteiger partial charge in [0, 0.05) is 0 Å². The predicted octanol–water partition coefficient (Wildman–Crippen LogP) is 3.11. The number of nitro groups is 1. The first-order valence-corrected chi connectivity index (χ1v) is 5.04. The molecule has 0 aliphatic heterocycles. The topological polar surface area (TPSA) is 78.4 Å². The van der Waals surface area contributed by atoms with Crippen molar-refractivity contribution in [1.82, 2.24) is 0 Å². The first-order valence-electron chi connectivity index (χ1n) is 5.04. The molecule has 0 aliphatic carbocycles. The number of nitrogens with two attached hydrogens (primary N) is 1. The molecular weight excluding hydrogens is 239 g/mol. The number of para-hydroxylation sites is 1. The highest BCUT2D eigenvalue weighted by molar-refractivity contribution is 5.66. The summed E-state index contributed by atoms with van der Waals surface area (Å²) in [5, 5.41) is 10.9. The van der Waals surface area contributed by atoms with E-state index in [-0.39, 0.29) is 17.1 Å². The van der Waals surface area contributed by atoms with Crippen LogP contribution in [0.25, 0.3) is 0 Å². The van der Waals surface area contributed by atoms with Gasteiger partial charge in [-0.25, -0.2) is 4.39 Å². The molecule has 0 bridgehead atoms. The van der Waals surface area contributed by atoms with Gasteiger partial charge in [0.2, 0.25) is 5.75 Å². The molecule has 0 aromatic heterocycles. The average Bonchev–Trinajstić information content (AvgIpc) is 2.32. The first kappa shape index (κ1) is 11.8. The standard InChI is InChI=1S/C12H9FN2O3/c13-8-4-6-9(7-5-8)18-11-3-1-2-10(14)12(11)15(16)17/h1-7H,14H2. The molecule has 0 aliphatic rings. The molecule has 0 saturated heterocycles. The number of nitro benzene ring substituents is 1. The van der Waals surface area contributed by atoms with Crippen molar-refractivity contribution in [2.75, 3.05) is 5.73 Å². The average molecular weight is 248 g/mol. The van der Waals surface area contributed by atoms with Gasteiger partial charge in [-0.1, -0.05) is 6.07 Å². The highest BCUT2D eigenvalue weighted by atomic mass is 19.1. The smallest absolute Gasteiger partial charge is 0.334 e. The quantitative estimate of drug-likeness (QED) is 0.514. The van der Waals surface area contributed by atoms with Crippen LogP contribution < -0.4 is 10.5 Å². The van der Waals surface area contributed by atoms with E-state index in [1.165, 1.54) is 36.4 Å². The molecular formula is C12H9FN2O3. The van der Waals surface area contributed by atoms with Crippen molar-refractivity contribution in [3.8, 4) is 11.5 Å². The first-order chi connectivity index (χ1) is 8.58. The monoisotopic (exact) mass is 248 g/mol. The minimum atomic E-state index is -0.617. The summed E-state index contributed by atoms with van der Waals surface area (Å²) in [6.07, 6.45) is 0. The molecule has 0 saturated carbocycles. The molecule has 0 atom stereocenters. The van der Waals surface area contributed by atoms with Crippen LogP contribution in [0.1, 0.15) is 0 Å². The van der Waals surface area contributed by atoms with Gasteiger partial charge in [-0.15, -0.1) is 0 Å². The molecule has 0 spiro atoms. The fraction of sp³-hybridized carbons (Fsp3) is 0. The van der Waals surface area contributed by atoms with Gasteiger partial charge in [-0.2, -0.15) is 0 Å². The Kier molecular flexibility index (Phi) is 3.09. The number of nitrogen functional groups attached to an aromatic ring is 1. The molecule has 2 rings (SSSR count). The molecule has 0 radical (unpaired) electrons. The SMILES string of the molecule is Nc1cccc(Oc2ccc(F)cc2)c1[N+](=O)[O-]. The number of anilines is 1. The Morgan fingerprint density at radius 2 is 1.83 bits per heavy atom. The highest BCUT2D eigenvalue weighted by Gasteiger charge is 2.19. The van der Waals surface area contributed by atoms with Crippen LogP contribution in [0.15, 0.2) is 42.5 Å². The van der Waals surface area contributed by atoms with Crippen LogP contribution in [-0.2, 0) is 0 Å². The van der Waals surface area contributed by atoms with E-state index in [0.717, 1.165) is 0 Å². The number of rotatable bonds is 3. The molecule has 5 nitrogen and oxygen atoms in total. The summed E-state index contributed by atoms with van der Waals surface area (Å²) in [6.45, 7) is 0. The van der Waals surface area contributed by atoms with E-state index < -0.39 is 10.7 Å². The Bertz CT molecular complexity index is 584. The summed E-state index contributed by atoms with van der Waals surface area (Å²) in [5.74, 6) is -0.0962. The summed E-state index contributed by atoms with van der Waals surface area (Å²) in [6, 6.07) is 9.54. The lowest BCUT2D eigenvalue weighted by molar-refractivity contribution is -0.384. The van der Waals surface area contributed by atoms with Crippen molar-refractivity contribution in [2.24, 2.45) is 0 Å². The molecule has 18 heavy (non-hydrogen) atoms. The van der Waals surface area contributed by atoms with Gasteiger partial charge >= 0.3 is 5.69 Å². The van der Waals surface area contributed by atoms with Crippen molar-refractivity contribution in [3.05, 3.63) is 58.4 Å². The van der Waals surface area contributed by atoms with Gasteiger partial charge in [0.25, 0.3) is 0 Å². The maximum atomic E-state index is 12.7. The van der Waals surface area contributed by atoms with Crippen molar-refractivity contribution < 1.29 is 14.1 Å². The van der Waals surface area contributed by atoms with Crippen LogP contribution in [0.3, 0.4) is 0 Å². The van der Waals surface area contributed by atoms with Gasteiger partial charge in [-0.05, 0) is 36.4 Å². The Labute approximate surface area is 102 Å². The summed E-state index contributed by atoms with van der Waals surface area (Å²) in [7, 11) is 0. The van der Waals surface area contributed by atoms with Crippen LogP contribution in [0.2, 0.25) is 0 Å². The number of nitrogens with zero attached hydrogens (tertiary/aromatic N) is 1. The third-order valence-corrected chi connectivity index (χ3v) is 2.25. The van der Waals surface area contributed by atoms with E-state index in [1.54, 1.807) is 6.07 Å². The molecule has 0 unspecified atom stereocenters. The van der Waals surface area contributed by atoms with E-state index >= 15 is 0 Å². The fourth-order valence-corrected chi connectivity index (χ4v) is 1.45. The Morgan fingerprint density at radius 1 is 1.17 bits per heavy atom. The lowest BCUT2D eigenvalue weighted by Gasteiger charge is -2.07. The van der Waals surface area contributed by atoms with Crippen LogP contribution in [0.4, 0.5) is 15.8 Å². The van der Waals surface area contributed by atoms with Crippen LogP contribution in [-0.4, -0.2) is 4.92 Å². The number of hydrogen-bond donors (Lipinski definition) is 1. The van der Waals surface area contributed by atoms with Gasteiger partial charge < -0.3 is 10.5 Å². The zero-order chi connectivity index (χ0) is 13.1. The zero-order valence-electron chi connectivity index (χ0n) is 9.17. The minimum absolute atomic E-state index is 0.0135. The number of halogens is 1. The van der Waals surface area contributed by atoms with Crippen molar-refractivity contribution >= 4 is 11.4 Å². The van der Waals surface area contributed by atoms with E-state index in [1.807, 2.05) is 0 Å². The second-order valence-corrected chi connectivity index (χ2v) is 3.51. The fourth-order valence-electron chi connectivity index (χ4n) is 1.45. The van der Waals surface area contributed by atoms with Gasteiger partial charge in [0.05, 0.1) is 4.92 Å². The molecule has 2 aromatic rings. The zero-order valence-corrected chi connectivity index (χ0v) is 9.17. The molecule has 0 heterocycles. The summed E-state index contributed by atoms with van der Waals surface area (Å²) in [4.78, 5) is 10.3. The third kappa shape index (κ3) is 2.37. The Balaban J connectivity index is 2.37. The lowest BCUT2D eigenvalue weighted by atomic mass is 10.2. The summed E-state index contributed by atoms with van der Waals surface area (Å²) >= 11 is 0. The molecule has 0 fully saturated rings. The van der Waals surface area contributed by atoms with E-state index in [0.29, 0.717) is 5.75 Å². The van der Waals surface area contributed by atoms with Crippen molar-refractivity contribution in [3.63, 3.8) is 0 Å². The maximum Gasteiger partial charge on any atom is 0.334 e. The highest BCUT2D eigenvalue weighted by Crippen LogP contribution is 2.35. The predicted molar refractivity (Wildman–Crippen MR) is 64.0 cm³/mol. The number of ether oxygens (including phenoxy) is 1. The number of benzene rings is 2. The molecule has 2 aromatic carbocycles. The van der Waals surface area contributed by atoms with Gasteiger partial charge in [-0.3, -0.25) is 10.1 Å². The minimum Gasteiger partial charge on any atom is -0.450 e. The lowest BCUT2D eigenvalue weighted by Crippen LogP contribution is -1.98. The van der Waals surface area contributed by atoms with E-state index in [9.17, 15) is 14.5 Å². The largest absolute Gasteiger partial charge is 0.450 e. The Morgan fingerprint density at radius 3 is 2.44 bits per heavy atom. The van der Waals surface area contributed by atoms with Gasteiger partial charge in [0.15, 0.2) is 0 Å². The summed E-state index contributed by atoms with van der Waals surface area (Å²) in [5.41, 5.74) is 5.23. The van der Waals surface area contributed by atoms with Crippen molar-refractivity contribution in [2.45, 2.75) is 0 Å². The van der Waals surface area contributed by atoms with Crippen LogP contribution >= 0.6 is 0 Å². The Hall–Kier alpha value is -2.63. The van der Waals surface area contributed by atoms with Gasteiger partial charge in [0.1, 0.15) is 17.3 Å². The second kappa shape index (κ2) is 4.70. The van der Waals surface area contributed by atoms with Crippen LogP contribution in [0.5, 0.6) is 11.5 Å². The molecule has 0 amide bonds. The molecule has 92 valence electrons. The maximum absolute atomic E-state index is 12.7. The molecule has 2 N–H and O–H groups in total. The second-order valence-electron chi connectivity index (χ2n) is 3.51. The van der Waals surface area contributed by atoms with Crippen LogP contribution in [0, 0.1) is 15.9 Å². The third-order valence-electron chi connectivity index (χ3n) is 2.25.